The van der Waals surface area contributed by atoms with E-state index in [1.165, 1.54) is 6.07 Å². The first-order chi connectivity index (χ1) is 9.29. The second-order valence-electron chi connectivity index (χ2n) is 5.63. The summed E-state index contributed by atoms with van der Waals surface area (Å²) in [6.45, 7) is 8.27. The minimum atomic E-state index is -0.502. The van der Waals surface area contributed by atoms with Crippen LogP contribution >= 0.6 is 0 Å². The highest BCUT2D eigenvalue weighted by Gasteiger charge is 2.15. The van der Waals surface area contributed by atoms with Crippen molar-refractivity contribution in [2.24, 2.45) is 0 Å². The Hall–Kier alpha value is -1.62. The number of carbonyl (C=O) groups excluding carboxylic acids is 1. The molecule has 112 valence electrons. The largest absolute Gasteiger partial charge is 0.444 e. The summed E-state index contributed by atoms with van der Waals surface area (Å²) in [5.41, 5.74) is 0.114. The van der Waals surface area contributed by atoms with Crippen LogP contribution in [-0.4, -0.2) is 24.8 Å². The van der Waals surface area contributed by atoms with Crippen LogP contribution in [0.4, 0.5) is 9.18 Å². The van der Waals surface area contributed by atoms with Gasteiger partial charge in [0.1, 0.15) is 11.4 Å². The topological polar surface area (TPSA) is 50.4 Å². The molecule has 0 aliphatic rings. The van der Waals surface area contributed by atoms with Gasteiger partial charge in [0.15, 0.2) is 0 Å². The molecule has 0 aliphatic carbocycles. The van der Waals surface area contributed by atoms with Crippen molar-refractivity contribution in [3.63, 3.8) is 0 Å². The number of hydrogen-bond acceptors (Lipinski definition) is 3. The van der Waals surface area contributed by atoms with Gasteiger partial charge < -0.3 is 15.4 Å². The smallest absolute Gasteiger partial charge is 0.407 e. The number of ether oxygens (including phenoxy) is 1. The van der Waals surface area contributed by atoms with Crippen LogP contribution < -0.4 is 10.6 Å². The van der Waals surface area contributed by atoms with Gasteiger partial charge >= 0.3 is 6.09 Å². The van der Waals surface area contributed by atoms with Crippen molar-refractivity contribution >= 4 is 6.09 Å². The second-order valence-corrected chi connectivity index (χ2v) is 5.63. The van der Waals surface area contributed by atoms with Crippen molar-refractivity contribution < 1.29 is 13.9 Å². The summed E-state index contributed by atoms with van der Waals surface area (Å²) in [4.78, 5) is 11.4. The van der Waals surface area contributed by atoms with E-state index < -0.39 is 11.7 Å². The van der Waals surface area contributed by atoms with Gasteiger partial charge in [-0.1, -0.05) is 18.2 Å². The number of rotatable bonds is 5. The Bertz CT molecular complexity index is 444. The molecule has 5 heteroatoms. The lowest BCUT2D eigenvalue weighted by atomic mass is 10.1. The third kappa shape index (κ3) is 6.02. The second kappa shape index (κ2) is 7.24. The molecule has 0 bridgehead atoms. The highest BCUT2D eigenvalue weighted by atomic mass is 19.1. The van der Waals surface area contributed by atoms with E-state index in [4.69, 9.17) is 4.74 Å². The van der Waals surface area contributed by atoms with Crippen molar-refractivity contribution in [2.45, 2.75) is 39.3 Å². The zero-order valence-electron chi connectivity index (χ0n) is 12.5. The first kappa shape index (κ1) is 16.4. The standard InChI is InChI=1S/C15H23FN2O2/c1-11(12-7-5-6-8-13(12)16)17-9-10-18-14(19)20-15(2,3)4/h5-8,11,17H,9-10H2,1-4H3,(H,18,19). The van der Waals surface area contributed by atoms with Gasteiger partial charge in [-0.25, -0.2) is 9.18 Å². The Morgan fingerprint density at radius 3 is 2.55 bits per heavy atom. The van der Waals surface area contributed by atoms with Gasteiger partial charge in [0.05, 0.1) is 0 Å². The Morgan fingerprint density at radius 1 is 1.30 bits per heavy atom. The van der Waals surface area contributed by atoms with Crippen LogP contribution in [0.15, 0.2) is 24.3 Å². The lowest BCUT2D eigenvalue weighted by molar-refractivity contribution is 0.0528. The molecule has 2 N–H and O–H groups in total. The summed E-state index contributed by atoms with van der Waals surface area (Å²) in [6.07, 6.45) is -0.446. The molecule has 0 aromatic heterocycles. The van der Waals surface area contributed by atoms with Crippen molar-refractivity contribution in [3.05, 3.63) is 35.6 Å². The summed E-state index contributed by atoms with van der Waals surface area (Å²) in [7, 11) is 0. The third-order valence-corrected chi connectivity index (χ3v) is 2.62. The van der Waals surface area contributed by atoms with Crippen LogP contribution in [0.1, 0.15) is 39.3 Å². The maximum Gasteiger partial charge on any atom is 0.407 e. The van der Waals surface area contributed by atoms with E-state index in [2.05, 4.69) is 10.6 Å². The minimum Gasteiger partial charge on any atom is -0.444 e. The van der Waals surface area contributed by atoms with Gasteiger partial charge in [0, 0.05) is 24.7 Å². The molecule has 1 aromatic rings. The number of alkyl carbamates (subject to hydrolysis) is 1. The van der Waals surface area contributed by atoms with E-state index in [1.54, 1.807) is 18.2 Å². The number of benzene rings is 1. The maximum atomic E-state index is 13.5. The Balaban J connectivity index is 2.28. The highest BCUT2D eigenvalue weighted by Crippen LogP contribution is 2.15. The number of nitrogens with one attached hydrogen (secondary N) is 2. The molecule has 0 saturated heterocycles. The summed E-state index contributed by atoms with van der Waals surface area (Å²) >= 11 is 0. The van der Waals surface area contributed by atoms with Gasteiger partial charge in [-0.05, 0) is 33.8 Å². The van der Waals surface area contributed by atoms with Gasteiger partial charge in [-0.2, -0.15) is 0 Å². The molecular weight excluding hydrogens is 259 g/mol. The number of carbonyl (C=O) groups is 1. The Labute approximate surface area is 119 Å². The highest BCUT2D eigenvalue weighted by molar-refractivity contribution is 5.67. The van der Waals surface area contributed by atoms with Gasteiger partial charge in [-0.15, -0.1) is 0 Å². The molecule has 4 nitrogen and oxygen atoms in total. The lowest BCUT2D eigenvalue weighted by Gasteiger charge is -2.20. The predicted molar refractivity (Wildman–Crippen MR) is 77.1 cm³/mol. The van der Waals surface area contributed by atoms with E-state index >= 15 is 0 Å². The molecule has 1 atom stereocenters. The molecule has 1 unspecified atom stereocenters. The number of amides is 1. The lowest BCUT2D eigenvalue weighted by Crippen LogP contribution is -2.37. The minimum absolute atomic E-state index is 0.114. The predicted octanol–water partition coefficient (Wildman–Crippen LogP) is 3.00. The Kier molecular flexibility index (Phi) is 5.95. The molecule has 1 aromatic carbocycles. The van der Waals surface area contributed by atoms with Crippen molar-refractivity contribution in [3.8, 4) is 0 Å². The molecule has 1 rings (SSSR count). The fourth-order valence-corrected chi connectivity index (χ4v) is 1.70. The fourth-order valence-electron chi connectivity index (χ4n) is 1.70. The van der Waals surface area contributed by atoms with Gasteiger partial charge in [0.25, 0.3) is 0 Å². The monoisotopic (exact) mass is 282 g/mol. The van der Waals surface area contributed by atoms with E-state index in [9.17, 15) is 9.18 Å². The quantitative estimate of drug-likeness (QED) is 0.816. The molecular formula is C15H23FN2O2. The summed E-state index contributed by atoms with van der Waals surface area (Å²) in [5.74, 6) is -0.229. The van der Waals surface area contributed by atoms with E-state index in [1.807, 2.05) is 27.7 Å². The van der Waals surface area contributed by atoms with Crippen LogP contribution in [0.2, 0.25) is 0 Å². The van der Waals surface area contributed by atoms with Crippen molar-refractivity contribution in [1.82, 2.24) is 10.6 Å². The molecule has 20 heavy (non-hydrogen) atoms. The first-order valence-corrected chi connectivity index (χ1v) is 6.74. The zero-order valence-corrected chi connectivity index (χ0v) is 12.5. The maximum absolute atomic E-state index is 13.5. The van der Waals surface area contributed by atoms with E-state index in [0.717, 1.165) is 0 Å². The Morgan fingerprint density at radius 2 is 1.95 bits per heavy atom. The normalized spacial score (nSPS) is 12.8. The average molecular weight is 282 g/mol. The number of halogens is 1. The summed E-state index contributed by atoms with van der Waals surface area (Å²) in [6, 6.07) is 6.53. The molecule has 1 amide bonds. The summed E-state index contributed by atoms with van der Waals surface area (Å²) < 4.78 is 18.6. The molecule has 0 heterocycles. The summed E-state index contributed by atoms with van der Waals surface area (Å²) in [5, 5.41) is 5.79. The van der Waals surface area contributed by atoms with E-state index in [-0.39, 0.29) is 11.9 Å². The van der Waals surface area contributed by atoms with Crippen LogP contribution in [0.5, 0.6) is 0 Å². The van der Waals surface area contributed by atoms with Crippen LogP contribution in [0.3, 0.4) is 0 Å². The molecule has 0 fully saturated rings. The molecule has 0 saturated carbocycles. The van der Waals surface area contributed by atoms with Crippen molar-refractivity contribution in [1.29, 1.82) is 0 Å². The molecule has 0 aliphatic heterocycles. The van der Waals surface area contributed by atoms with Crippen LogP contribution in [0, 0.1) is 5.82 Å². The molecule has 0 spiro atoms. The SMILES string of the molecule is CC(NCCNC(=O)OC(C)(C)C)c1ccccc1F. The number of hydrogen-bond donors (Lipinski definition) is 2. The zero-order chi connectivity index (χ0) is 15.2. The molecule has 0 radical (unpaired) electrons. The van der Waals surface area contributed by atoms with E-state index in [0.29, 0.717) is 18.7 Å². The van der Waals surface area contributed by atoms with Gasteiger partial charge in [0.2, 0.25) is 0 Å². The van der Waals surface area contributed by atoms with Crippen LogP contribution in [-0.2, 0) is 4.74 Å². The third-order valence-electron chi connectivity index (χ3n) is 2.62. The van der Waals surface area contributed by atoms with Crippen molar-refractivity contribution in [2.75, 3.05) is 13.1 Å². The fraction of sp³-hybridized carbons (Fsp3) is 0.533. The van der Waals surface area contributed by atoms with Gasteiger partial charge in [-0.3, -0.25) is 0 Å². The average Bonchev–Trinajstić information content (AvgIpc) is 2.33. The first-order valence-electron chi connectivity index (χ1n) is 6.74. The van der Waals surface area contributed by atoms with Crippen LogP contribution in [0.25, 0.3) is 0 Å².